The van der Waals surface area contributed by atoms with Crippen molar-refractivity contribution in [3.63, 3.8) is 0 Å². The third-order valence-electron chi connectivity index (χ3n) is 2.67. The minimum atomic E-state index is -0.764. The lowest BCUT2D eigenvalue weighted by atomic mass is 10.3. The minimum Gasteiger partial charge on any atom is -0.448 e. The van der Waals surface area contributed by atoms with E-state index in [0.717, 1.165) is 17.8 Å². The molecule has 2 rings (SSSR count). The molecular formula is C12H16N2O3S. The topological polar surface area (TPSA) is 68.3 Å². The highest BCUT2D eigenvalue weighted by molar-refractivity contribution is 7.13. The van der Waals surface area contributed by atoms with E-state index in [1.165, 1.54) is 11.3 Å². The summed E-state index contributed by atoms with van der Waals surface area (Å²) < 4.78 is 5.14. The van der Waals surface area contributed by atoms with E-state index in [1.54, 1.807) is 13.8 Å². The first-order valence-corrected chi connectivity index (χ1v) is 6.74. The Morgan fingerprint density at radius 2 is 2.11 bits per heavy atom. The summed E-state index contributed by atoms with van der Waals surface area (Å²) in [5.41, 5.74) is 0.650. The van der Waals surface area contributed by atoms with Crippen LogP contribution < -0.4 is 5.32 Å². The lowest BCUT2D eigenvalue weighted by molar-refractivity contribution is -0.129. The minimum absolute atomic E-state index is 0.232. The molecule has 0 aliphatic heterocycles. The van der Waals surface area contributed by atoms with Gasteiger partial charge in [-0.2, -0.15) is 0 Å². The van der Waals surface area contributed by atoms with E-state index in [4.69, 9.17) is 4.74 Å². The number of carbonyl (C=O) groups is 2. The molecule has 1 aliphatic carbocycles. The third kappa shape index (κ3) is 3.07. The number of aryl methyl sites for hydroxylation is 2. The van der Waals surface area contributed by atoms with Gasteiger partial charge in [-0.3, -0.25) is 4.79 Å². The molecule has 1 N–H and O–H groups in total. The van der Waals surface area contributed by atoms with Crippen LogP contribution in [-0.2, 0) is 9.53 Å². The van der Waals surface area contributed by atoms with E-state index in [-0.39, 0.29) is 11.9 Å². The van der Waals surface area contributed by atoms with Crippen molar-refractivity contribution in [3.05, 3.63) is 15.6 Å². The molecule has 1 aliphatic rings. The van der Waals surface area contributed by atoms with Gasteiger partial charge in [0.05, 0.1) is 10.7 Å². The quantitative estimate of drug-likeness (QED) is 0.842. The SMILES string of the molecule is Cc1nc(C)c(C(=O)OC(C)C(=O)NC2CC2)s1. The second-order valence-electron chi connectivity index (χ2n) is 4.48. The number of amides is 1. The molecule has 0 saturated heterocycles. The fourth-order valence-electron chi connectivity index (χ4n) is 1.53. The van der Waals surface area contributed by atoms with Gasteiger partial charge in [-0.25, -0.2) is 9.78 Å². The second kappa shape index (κ2) is 5.06. The number of esters is 1. The average molecular weight is 268 g/mol. The van der Waals surface area contributed by atoms with Crippen molar-refractivity contribution in [3.8, 4) is 0 Å². The van der Waals surface area contributed by atoms with Crippen LogP contribution in [0.25, 0.3) is 0 Å². The van der Waals surface area contributed by atoms with Crippen LogP contribution in [0, 0.1) is 13.8 Å². The number of carbonyl (C=O) groups excluding carboxylic acids is 2. The molecule has 98 valence electrons. The Kier molecular flexibility index (Phi) is 3.65. The summed E-state index contributed by atoms with van der Waals surface area (Å²) in [6.07, 6.45) is 1.26. The van der Waals surface area contributed by atoms with Crippen molar-refractivity contribution in [2.75, 3.05) is 0 Å². The summed E-state index contributed by atoms with van der Waals surface area (Å²) in [7, 11) is 0. The maximum absolute atomic E-state index is 11.9. The van der Waals surface area contributed by atoms with Gasteiger partial charge >= 0.3 is 5.97 Å². The molecule has 1 heterocycles. The van der Waals surface area contributed by atoms with Crippen molar-refractivity contribution in [1.82, 2.24) is 10.3 Å². The van der Waals surface area contributed by atoms with E-state index in [2.05, 4.69) is 10.3 Å². The van der Waals surface area contributed by atoms with Crippen LogP contribution in [0.15, 0.2) is 0 Å². The van der Waals surface area contributed by atoms with Crippen LogP contribution in [-0.4, -0.2) is 29.0 Å². The zero-order chi connectivity index (χ0) is 13.3. The van der Waals surface area contributed by atoms with Gasteiger partial charge < -0.3 is 10.1 Å². The molecule has 18 heavy (non-hydrogen) atoms. The predicted molar refractivity (Wildman–Crippen MR) is 67.6 cm³/mol. The van der Waals surface area contributed by atoms with E-state index >= 15 is 0 Å². The second-order valence-corrected chi connectivity index (χ2v) is 5.68. The summed E-state index contributed by atoms with van der Waals surface area (Å²) in [5.74, 6) is -0.707. The van der Waals surface area contributed by atoms with Crippen LogP contribution in [0.2, 0.25) is 0 Å². The highest BCUT2D eigenvalue weighted by atomic mass is 32.1. The first-order chi connectivity index (χ1) is 8.47. The van der Waals surface area contributed by atoms with Crippen LogP contribution in [0.1, 0.15) is 40.1 Å². The van der Waals surface area contributed by atoms with E-state index in [0.29, 0.717) is 10.6 Å². The molecule has 1 aromatic heterocycles. The fraction of sp³-hybridized carbons (Fsp3) is 0.583. The maximum Gasteiger partial charge on any atom is 0.351 e. The molecule has 6 heteroatoms. The molecular weight excluding hydrogens is 252 g/mol. The van der Waals surface area contributed by atoms with Crippen LogP contribution in [0.4, 0.5) is 0 Å². The number of hydrogen-bond donors (Lipinski definition) is 1. The standard InChI is InChI=1S/C12H16N2O3S/c1-6-10(18-8(3)13-6)12(16)17-7(2)11(15)14-9-4-5-9/h7,9H,4-5H2,1-3H3,(H,14,15). The number of hydrogen-bond acceptors (Lipinski definition) is 5. The zero-order valence-electron chi connectivity index (χ0n) is 10.6. The Bertz CT molecular complexity index is 480. The summed E-state index contributed by atoms with van der Waals surface area (Å²) in [6, 6.07) is 0.269. The summed E-state index contributed by atoms with van der Waals surface area (Å²) in [5, 5.41) is 3.62. The summed E-state index contributed by atoms with van der Waals surface area (Å²) in [4.78, 5) is 28.1. The van der Waals surface area contributed by atoms with Crippen molar-refractivity contribution in [2.45, 2.75) is 45.8 Å². The molecule has 0 spiro atoms. The zero-order valence-corrected chi connectivity index (χ0v) is 11.5. The van der Waals surface area contributed by atoms with Gasteiger partial charge in [0, 0.05) is 6.04 Å². The number of nitrogens with zero attached hydrogens (tertiary/aromatic N) is 1. The predicted octanol–water partition coefficient (Wildman–Crippen LogP) is 1.58. The lowest BCUT2D eigenvalue weighted by Gasteiger charge is -2.12. The highest BCUT2D eigenvalue weighted by Crippen LogP contribution is 2.20. The van der Waals surface area contributed by atoms with Gasteiger partial charge in [-0.15, -0.1) is 11.3 Å². The van der Waals surface area contributed by atoms with Crippen LogP contribution in [0.3, 0.4) is 0 Å². The van der Waals surface area contributed by atoms with Gasteiger partial charge in [0.25, 0.3) is 5.91 Å². The largest absolute Gasteiger partial charge is 0.448 e. The molecule has 1 atom stereocenters. The van der Waals surface area contributed by atoms with E-state index < -0.39 is 12.1 Å². The first-order valence-electron chi connectivity index (χ1n) is 5.92. The van der Waals surface area contributed by atoms with Crippen LogP contribution >= 0.6 is 11.3 Å². The number of aromatic nitrogens is 1. The lowest BCUT2D eigenvalue weighted by Crippen LogP contribution is -2.37. The van der Waals surface area contributed by atoms with E-state index in [1.807, 2.05) is 6.92 Å². The monoisotopic (exact) mass is 268 g/mol. The molecule has 1 amide bonds. The van der Waals surface area contributed by atoms with Gasteiger partial charge in [-0.05, 0) is 33.6 Å². The number of rotatable bonds is 4. The molecule has 1 aromatic rings. The van der Waals surface area contributed by atoms with Gasteiger partial charge in [0.15, 0.2) is 6.10 Å². The molecule has 1 unspecified atom stereocenters. The Morgan fingerprint density at radius 1 is 1.44 bits per heavy atom. The first kappa shape index (κ1) is 13.0. The molecule has 1 saturated carbocycles. The number of ether oxygens (including phenoxy) is 1. The van der Waals surface area contributed by atoms with Crippen molar-refractivity contribution in [2.24, 2.45) is 0 Å². The molecule has 5 nitrogen and oxygen atoms in total. The van der Waals surface area contributed by atoms with Crippen LogP contribution in [0.5, 0.6) is 0 Å². The average Bonchev–Trinajstić information content (AvgIpc) is 3.02. The van der Waals surface area contributed by atoms with Gasteiger partial charge in [0.1, 0.15) is 4.88 Å². The van der Waals surface area contributed by atoms with E-state index in [9.17, 15) is 9.59 Å². The van der Waals surface area contributed by atoms with Crippen molar-refractivity contribution >= 4 is 23.2 Å². The van der Waals surface area contributed by atoms with Crippen molar-refractivity contribution in [1.29, 1.82) is 0 Å². The normalized spacial score (nSPS) is 16.2. The number of nitrogens with one attached hydrogen (secondary N) is 1. The third-order valence-corrected chi connectivity index (χ3v) is 3.72. The molecule has 0 bridgehead atoms. The van der Waals surface area contributed by atoms with Gasteiger partial charge in [0.2, 0.25) is 0 Å². The Hall–Kier alpha value is -1.43. The smallest absolute Gasteiger partial charge is 0.351 e. The number of thiazole rings is 1. The Labute approximate surface area is 110 Å². The molecule has 1 fully saturated rings. The van der Waals surface area contributed by atoms with Crippen molar-refractivity contribution < 1.29 is 14.3 Å². The fourth-order valence-corrected chi connectivity index (χ4v) is 2.34. The molecule has 0 radical (unpaired) electrons. The summed E-state index contributed by atoms with van der Waals surface area (Å²) in [6.45, 7) is 5.17. The molecule has 0 aromatic carbocycles. The summed E-state index contributed by atoms with van der Waals surface area (Å²) >= 11 is 1.29. The Balaban J connectivity index is 1.93. The highest BCUT2D eigenvalue weighted by Gasteiger charge is 2.28. The maximum atomic E-state index is 11.9. The Morgan fingerprint density at radius 3 is 2.61 bits per heavy atom. The van der Waals surface area contributed by atoms with Gasteiger partial charge in [-0.1, -0.05) is 0 Å².